The van der Waals surface area contributed by atoms with Crippen molar-refractivity contribution in [2.24, 2.45) is 0 Å². The Kier molecular flexibility index (Phi) is 6.26. The zero-order valence-corrected chi connectivity index (χ0v) is 15.3. The van der Waals surface area contributed by atoms with Gasteiger partial charge in [-0.25, -0.2) is 4.79 Å². The SMILES string of the molecule is COC(=O)c1cc(Oc2ccc(CO)cc2)cc(Oc2ccc(CO)cc2)c1. The van der Waals surface area contributed by atoms with E-state index in [-0.39, 0.29) is 18.8 Å². The lowest BCUT2D eigenvalue weighted by atomic mass is 10.2. The van der Waals surface area contributed by atoms with Crippen LogP contribution in [0.2, 0.25) is 0 Å². The van der Waals surface area contributed by atoms with Crippen molar-refractivity contribution in [1.29, 1.82) is 0 Å². The Labute approximate surface area is 162 Å². The third-order valence-electron chi connectivity index (χ3n) is 3.98. The molecule has 0 bridgehead atoms. The Morgan fingerprint density at radius 2 is 1.14 bits per heavy atom. The summed E-state index contributed by atoms with van der Waals surface area (Å²) < 4.78 is 16.5. The van der Waals surface area contributed by atoms with Gasteiger partial charge >= 0.3 is 5.97 Å². The molecule has 0 aliphatic carbocycles. The minimum absolute atomic E-state index is 0.0504. The van der Waals surface area contributed by atoms with E-state index in [4.69, 9.17) is 24.4 Å². The summed E-state index contributed by atoms with van der Waals surface area (Å²) in [6, 6.07) is 18.7. The van der Waals surface area contributed by atoms with Crippen LogP contribution in [0, 0.1) is 0 Å². The van der Waals surface area contributed by atoms with E-state index < -0.39 is 5.97 Å². The average Bonchev–Trinajstić information content (AvgIpc) is 2.74. The maximum atomic E-state index is 12.0. The molecule has 0 heterocycles. The lowest BCUT2D eigenvalue weighted by molar-refractivity contribution is 0.0600. The summed E-state index contributed by atoms with van der Waals surface area (Å²) in [4.78, 5) is 12.0. The number of carbonyl (C=O) groups is 1. The van der Waals surface area contributed by atoms with E-state index in [0.717, 1.165) is 11.1 Å². The van der Waals surface area contributed by atoms with Gasteiger partial charge in [-0.05, 0) is 47.5 Å². The molecule has 3 aromatic rings. The highest BCUT2D eigenvalue weighted by Gasteiger charge is 2.12. The van der Waals surface area contributed by atoms with Crippen LogP contribution in [0.15, 0.2) is 66.7 Å². The summed E-state index contributed by atoms with van der Waals surface area (Å²) in [5, 5.41) is 18.3. The zero-order chi connectivity index (χ0) is 19.9. The molecular weight excluding hydrogens is 360 g/mol. The van der Waals surface area contributed by atoms with Gasteiger partial charge in [0.05, 0.1) is 25.9 Å². The minimum Gasteiger partial charge on any atom is -0.465 e. The molecule has 0 spiro atoms. The second-order valence-corrected chi connectivity index (χ2v) is 5.99. The Balaban J connectivity index is 1.87. The van der Waals surface area contributed by atoms with Crippen molar-refractivity contribution >= 4 is 5.97 Å². The van der Waals surface area contributed by atoms with E-state index in [9.17, 15) is 4.79 Å². The fourth-order valence-electron chi connectivity index (χ4n) is 2.52. The van der Waals surface area contributed by atoms with Crippen molar-refractivity contribution in [2.75, 3.05) is 7.11 Å². The molecule has 0 unspecified atom stereocenters. The highest BCUT2D eigenvalue weighted by atomic mass is 16.5. The van der Waals surface area contributed by atoms with Gasteiger partial charge in [0.2, 0.25) is 0 Å². The Hall–Kier alpha value is -3.35. The van der Waals surface area contributed by atoms with Crippen LogP contribution in [-0.2, 0) is 18.0 Å². The van der Waals surface area contributed by atoms with Crippen molar-refractivity contribution in [3.63, 3.8) is 0 Å². The van der Waals surface area contributed by atoms with Gasteiger partial charge in [0.25, 0.3) is 0 Å². The number of hydrogen-bond acceptors (Lipinski definition) is 6. The maximum Gasteiger partial charge on any atom is 0.338 e. The van der Waals surface area contributed by atoms with Crippen LogP contribution >= 0.6 is 0 Å². The van der Waals surface area contributed by atoms with E-state index in [0.29, 0.717) is 23.0 Å². The number of ether oxygens (including phenoxy) is 3. The standard InChI is InChI=1S/C22H20O6/c1-26-22(25)17-10-20(27-18-6-2-15(13-23)3-7-18)12-21(11-17)28-19-8-4-16(14-24)5-9-19/h2-12,23-24H,13-14H2,1H3. The van der Waals surface area contributed by atoms with Gasteiger partial charge in [0.15, 0.2) is 0 Å². The summed E-state index contributed by atoms with van der Waals surface area (Å²) in [5.74, 6) is 1.40. The van der Waals surface area contributed by atoms with Crippen molar-refractivity contribution in [1.82, 2.24) is 0 Å². The molecule has 0 saturated carbocycles. The lowest BCUT2D eigenvalue weighted by Gasteiger charge is -2.12. The second kappa shape index (κ2) is 9.03. The quantitative estimate of drug-likeness (QED) is 0.602. The number of esters is 1. The predicted octanol–water partition coefficient (Wildman–Crippen LogP) is 4.04. The Morgan fingerprint density at radius 3 is 1.50 bits per heavy atom. The highest BCUT2D eigenvalue weighted by molar-refractivity contribution is 5.90. The number of benzene rings is 3. The minimum atomic E-state index is -0.512. The molecule has 3 aromatic carbocycles. The molecule has 0 atom stereocenters. The molecule has 2 N–H and O–H groups in total. The number of carbonyl (C=O) groups excluding carboxylic acids is 1. The van der Waals surface area contributed by atoms with Crippen molar-refractivity contribution < 1.29 is 29.2 Å². The number of aliphatic hydroxyl groups is 2. The van der Waals surface area contributed by atoms with Gasteiger partial charge in [-0.2, -0.15) is 0 Å². The summed E-state index contributed by atoms with van der Waals surface area (Å²) in [5.41, 5.74) is 1.82. The van der Waals surface area contributed by atoms with E-state index in [1.165, 1.54) is 7.11 Å². The molecule has 3 rings (SSSR count). The van der Waals surface area contributed by atoms with Gasteiger partial charge in [-0.15, -0.1) is 0 Å². The molecule has 6 nitrogen and oxygen atoms in total. The van der Waals surface area contributed by atoms with E-state index in [1.807, 2.05) is 0 Å². The third kappa shape index (κ3) is 4.88. The molecule has 0 saturated heterocycles. The van der Waals surface area contributed by atoms with Crippen molar-refractivity contribution in [2.45, 2.75) is 13.2 Å². The number of hydrogen-bond donors (Lipinski definition) is 2. The second-order valence-electron chi connectivity index (χ2n) is 5.99. The van der Waals surface area contributed by atoms with Gasteiger partial charge in [0.1, 0.15) is 23.0 Å². The molecule has 0 aromatic heterocycles. The maximum absolute atomic E-state index is 12.0. The van der Waals surface area contributed by atoms with Crippen LogP contribution in [0.4, 0.5) is 0 Å². The normalized spacial score (nSPS) is 10.4. The molecule has 0 aliphatic heterocycles. The van der Waals surface area contributed by atoms with E-state index in [2.05, 4.69) is 0 Å². The molecule has 0 fully saturated rings. The molecule has 0 aliphatic rings. The number of aliphatic hydroxyl groups excluding tert-OH is 2. The molecule has 6 heteroatoms. The first kappa shape index (κ1) is 19.4. The first-order valence-electron chi connectivity index (χ1n) is 8.60. The fourth-order valence-corrected chi connectivity index (χ4v) is 2.52. The van der Waals surface area contributed by atoms with Crippen LogP contribution in [-0.4, -0.2) is 23.3 Å². The van der Waals surface area contributed by atoms with E-state index >= 15 is 0 Å². The average molecular weight is 380 g/mol. The van der Waals surface area contributed by atoms with Crippen LogP contribution < -0.4 is 9.47 Å². The van der Waals surface area contributed by atoms with E-state index in [1.54, 1.807) is 66.7 Å². The fraction of sp³-hybridized carbons (Fsp3) is 0.136. The molecule has 28 heavy (non-hydrogen) atoms. The molecule has 0 radical (unpaired) electrons. The summed E-state index contributed by atoms with van der Waals surface area (Å²) in [7, 11) is 1.30. The van der Waals surface area contributed by atoms with Crippen LogP contribution in [0.1, 0.15) is 21.5 Å². The van der Waals surface area contributed by atoms with Gasteiger partial charge in [-0.1, -0.05) is 24.3 Å². The zero-order valence-electron chi connectivity index (χ0n) is 15.3. The van der Waals surface area contributed by atoms with Crippen LogP contribution in [0.25, 0.3) is 0 Å². The van der Waals surface area contributed by atoms with Crippen LogP contribution in [0.3, 0.4) is 0 Å². The van der Waals surface area contributed by atoms with Gasteiger partial charge in [-0.3, -0.25) is 0 Å². The molecule has 0 amide bonds. The molecule has 144 valence electrons. The van der Waals surface area contributed by atoms with Crippen molar-refractivity contribution in [3.8, 4) is 23.0 Å². The first-order chi connectivity index (χ1) is 13.6. The largest absolute Gasteiger partial charge is 0.465 e. The smallest absolute Gasteiger partial charge is 0.338 e. The summed E-state index contributed by atoms with van der Waals surface area (Å²) in [6.45, 7) is -0.101. The topological polar surface area (TPSA) is 85.2 Å². The Morgan fingerprint density at radius 1 is 0.714 bits per heavy atom. The van der Waals surface area contributed by atoms with Gasteiger partial charge in [0, 0.05) is 6.07 Å². The summed E-state index contributed by atoms with van der Waals surface area (Å²) >= 11 is 0. The lowest BCUT2D eigenvalue weighted by Crippen LogP contribution is -2.02. The van der Waals surface area contributed by atoms with Crippen LogP contribution in [0.5, 0.6) is 23.0 Å². The predicted molar refractivity (Wildman–Crippen MR) is 103 cm³/mol. The Bertz CT molecular complexity index is 864. The number of methoxy groups -OCH3 is 1. The first-order valence-corrected chi connectivity index (χ1v) is 8.60. The highest BCUT2D eigenvalue weighted by Crippen LogP contribution is 2.31. The molecular formula is C22H20O6. The number of rotatable bonds is 7. The van der Waals surface area contributed by atoms with Gasteiger partial charge < -0.3 is 24.4 Å². The monoisotopic (exact) mass is 380 g/mol. The summed E-state index contributed by atoms with van der Waals surface area (Å²) in [6.07, 6.45) is 0. The third-order valence-corrected chi connectivity index (χ3v) is 3.98. The van der Waals surface area contributed by atoms with Crippen molar-refractivity contribution in [3.05, 3.63) is 83.4 Å².